The minimum Gasteiger partial charge on any atom is -0.507 e. The van der Waals surface area contributed by atoms with Gasteiger partial charge in [-0.15, -0.1) is 24.8 Å². The van der Waals surface area contributed by atoms with Crippen LogP contribution in [0.4, 0.5) is 5.69 Å². The Labute approximate surface area is 191 Å². The first-order valence-electron chi connectivity index (χ1n) is 10.3. The standard InChI is InChI=1S/C21H33N3O4.2ClH/c1-3-24(4-2)12-13-28-21(27)18-11-10-17(14-19(18)25)23-20(26)15-22-16-8-6-5-7-9-16;;/h10-11,14,16,22,25H,3-9,12-13,15H2,1-2H3,(H,23,26);2*1H. The van der Waals surface area contributed by atoms with E-state index in [1.807, 2.05) is 0 Å². The maximum absolute atomic E-state index is 12.1. The molecule has 0 aliphatic heterocycles. The molecule has 1 aromatic rings. The largest absolute Gasteiger partial charge is 0.507 e. The number of ether oxygens (including phenoxy) is 1. The molecule has 0 radical (unpaired) electrons. The number of halogens is 2. The zero-order chi connectivity index (χ0) is 20.4. The van der Waals surface area contributed by atoms with Crippen LogP contribution in [0.15, 0.2) is 18.2 Å². The average Bonchev–Trinajstić information content (AvgIpc) is 2.70. The highest BCUT2D eigenvalue weighted by atomic mass is 35.5. The predicted molar refractivity (Wildman–Crippen MR) is 124 cm³/mol. The van der Waals surface area contributed by atoms with Gasteiger partial charge >= 0.3 is 5.97 Å². The van der Waals surface area contributed by atoms with Gasteiger partial charge in [-0.25, -0.2) is 4.79 Å². The number of nitrogens with zero attached hydrogens (tertiary/aromatic N) is 1. The van der Waals surface area contributed by atoms with Crippen molar-refractivity contribution in [3.63, 3.8) is 0 Å². The van der Waals surface area contributed by atoms with Crippen LogP contribution >= 0.6 is 24.8 Å². The third-order valence-corrected chi connectivity index (χ3v) is 5.19. The first kappa shape index (κ1) is 28.5. The van der Waals surface area contributed by atoms with Crippen LogP contribution in [-0.2, 0) is 9.53 Å². The van der Waals surface area contributed by atoms with Crippen LogP contribution in [0, 0.1) is 0 Å². The minimum atomic E-state index is -0.568. The molecular formula is C21H35Cl2N3O4. The van der Waals surface area contributed by atoms with Crippen molar-refractivity contribution in [1.29, 1.82) is 0 Å². The topological polar surface area (TPSA) is 90.9 Å². The molecule has 0 unspecified atom stereocenters. The smallest absolute Gasteiger partial charge is 0.341 e. The normalized spacial score (nSPS) is 13.8. The van der Waals surface area contributed by atoms with Gasteiger partial charge in [0, 0.05) is 24.3 Å². The summed E-state index contributed by atoms with van der Waals surface area (Å²) in [4.78, 5) is 26.4. The lowest BCUT2D eigenvalue weighted by atomic mass is 9.95. The number of rotatable bonds is 10. The zero-order valence-corrected chi connectivity index (χ0v) is 19.4. The van der Waals surface area contributed by atoms with E-state index in [0.717, 1.165) is 25.9 Å². The number of carbonyl (C=O) groups is 2. The van der Waals surface area contributed by atoms with Crippen molar-refractivity contribution < 1.29 is 19.4 Å². The molecule has 30 heavy (non-hydrogen) atoms. The number of amides is 1. The Morgan fingerprint density at radius 3 is 2.40 bits per heavy atom. The number of benzene rings is 1. The number of phenolic OH excluding ortho intramolecular Hbond substituents is 1. The van der Waals surface area contributed by atoms with E-state index in [2.05, 4.69) is 29.4 Å². The molecule has 9 heteroatoms. The lowest BCUT2D eigenvalue weighted by Crippen LogP contribution is -2.37. The molecule has 1 aliphatic rings. The summed E-state index contributed by atoms with van der Waals surface area (Å²) in [5.41, 5.74) is 0.547. The highest BCUT2D eigenvalue weighted by Gasteiger charge is 2.16. The van der Waals surface area contributed by atoms with Crippen LogP contribution in [0.25, 0.3) is 0 Å². The monoisotopic (exact) mass is 463 g/mol. The number of esters is 1. The second kappa shape index (κ2) is 15.3. The molecule has 0 atom stereocenters. The molecule has 1 aliphatic carbocycles. The minimum absolute atomic E-state index is 0. The van der Waals surface area contributed by atoms with Crippen molar-refractivity contribution >= 4 is 42.4 Å². The molecule has 3 N–H and O–H groups in total. The van der Waals surface area contributed by atoms with Crippen molar-refractivity contribution in [1.82, 2.24) is 10.2 Å². The number of anilines is 1. The van der Waals surface area contributed by atoms with E-state index in [1.165, 1.54) is 31.4 Å². The molecule has 0 spiro atoms. The van der Waals surface area contributed by atoms with E-state index in [4.69, 9.17) is 4.74 Å². The third-order valence-electron chi connectivity index (χ3n) is 5.19. The summed E-state index contributed by atoms with van der Waals surface area (Å²) in [6.45, 7) is 7.05. The van der Waals surface area contributed by atoms with Crippen molar-refractivity contribution in [3.8, 4) is 5.75 Å². The van der Waals surface area contributed by atoms with E-state index >= 15 is 0 Å². The lowest BCUT2D eigenvalue weighted by Gasteiger charge is -2.22. The van der Waals surface area contributed by atoms with Gasteiger partial charge in [-0.3, -0.25) is 4.79 Å². The summed E-state index contributed by atoms with van der Waals surface area (Å²) < 4.78 is 5.23. The number of hydrogen-bond acceptors (Lipinski definition) is 6. The van der Waals surface area contributed by atoms with Crippen LogP contribution in [0.3, 0.4) is 0 Å². The van der Waals surface area contributed by atoms with Crippen molar-refractivity contribution in [2.24, 2.45) is 0 Å². The number of nitrogens with one attached hydrogen (secondary N) is 2. The van der Waals surface area contributed by atoms with Gasteiger partial charge in [0.05, 0.1) is 6.54 Å². The van der Waals surface area contributed by atoms with Gasteiger partial charge in [-0.2, -0.15) is 0 Å². The molecule has 1 amide bonds. The first-order valence-corrected chi connectivity index (χ1v) is 10.3. The number of aromatic hydroxyl groups is 1. The molecule has 7 nitrogen and oxygen atoms in total. The second-order valence-corrected chi connectivity index (χ2v) is 7.16. The van der Waals surface area contributed by atoms with Crippen molar-refractivity contribution in [2.45, 2.75) is 52.0 Å². The summed E-state index contributed by atoms with van der Waals surface area (Å²) in [7, 11) is 0. The Kier molecular flexibility index (Phi) is 14.5. The molecule has 1 fully saturated rings. The Hall–Kier alpha value is -1.54. The number of likely N-dealkylation sites (N-methyl/N-ethyl adjacent to an activating group) is 1. The molecule has 0 aromatic heterocycles. The van der Waals surface area contributed by atoms with Crippen LogP contribution in [0.5, 0.6) is 5.75 Å². The van der Waals surface area contributed by atoms with E-state index in [-0.39, 0.29) is 55.2 Å². The van der Waals surface area contributed by atoms with Gasteiger partial charge in [0.15, 0.2) is 0 Å². The molecule has 0 heterocycles. The summed E-state index contributed by atoms with van der Waals surface area (Å²) in [6.07, 6.45) is 5.91. The molecule has 2 rings (SSSR count). The fourth-order valence-corrected chi connectivity index (χ4v) is 3.42. The van der Waals surface area contributed by atoms with Gasteiger partial charge in [0.2, 0.25) is 5.91 Å². The summed E-state index contributed by atoms with van der Waals surface area (Å²) in [5.74, 6) is -0.938. The Morgan fingerprint density at radius 2 is 1.80 bits per heavy atom. The van der Waals surface area contributed by atoms with Crippen molar-refractivity contribution in [2.75, 3.05) is 38.1 Å². The van der Waals surface area contributed by atoms with E-state index in [9.17, 15) is 14.7 Å². The number of hydrogen-bond donors (Lipinski definition) is 3. The van der Waals surface area contributed by atoms with Crippen molar-refractivity contribution in [3.05, 3.63) is 23.8 Å². The predicted octanol–water partition coefficient (Wildman–Crippen LogP) is 3.60. The molecule has 0 bridgehead atoms. The molecule has 172 valence electrons. The SMILES string of the molecule is CCN(CC)CCOC(=O)c1ccc(NC(=O)CNC2CCCCC2)cc1O.Cl.Cl. The van der Waals surface area contributed by atoms with Gasteiger partial charge < -0.3 is 25.4 Å². The average molecular weight is 464 g/mol. The highest BCUT2D eigenvalue weighted by molar-refractivity contribution is 5.96. The third kappa shape index (κ3) is 9.51. The Bertz CT molecular complexity index is 651. The van der Waals surface area contributed by atoms with Crippen LogP contribution < -0.4 is 10.6 Å². The second-order valence-electron chi connectivity index (χ2n) is 7.16. The zero-order valence-electron chi connectivity index (χ0n) is 17.8. The maximum Gasteiger partial charge on any atom is 0.341 e. The Morgan fingerprint density at radius 1 is 1.13 bits per heavy atom. The summed E-state index contributed by atoms with van der Waals surface area (Å²) in [6, 6.07) is 4.85. The van der Waals surface area contributed by atoms with E-state index in [1.54, 1.807) is 6.07 Å². The quantitative estimate of drug-likeness (QED) is 0.459. The van der Waals surface area contributed by atoms with Gasteiger partial charge in [-0.05, 0) is 38.1 Å². The molecular weight excluding hydrogens is 429 g/mol. The molecule has 0 saturated heterocycles. The molecule has 1 aromatic carbocycles. The van der Waals surface area contributed by atoms with Gasteiger partial charge in [0.1, 0.15) is 17.9 Å². The van der Waals surface area contributed by atoms with Crippen LogP contribution in [-0.4, -0.2) is 60.7 Å². The Balaban J connectivity index is 0.00000420. The van der Waals surface area contributed by atoms with E-state index < -0.39 is 5.97 Å². The summed E-state index contributed by atoms with van der Waals surface area (Å²) in [5, 5.41) is 16.1. The fourth-order valence-electron chi connectivity index (χ4n) is 3.42. The number of carbonyl (C=O) groups excluding carboxylic acids is 2. The van der Waals surface area contributed by atoms with Gasteiger partial charge in [0.25, 0.3) is 0 Å². The van der Waals surface area contributed by atoms with E-state index in [0.29, 0.717) is 18.3 Å². The van der Waals surface area contributed by atoms with Crippen LogP contribution in [0.1, 0.15) is 56.3 Å². The number of phenols is 1. The summed E-state index contributed by atoms with van der Waals surface area (Å²) >= 11 is 0. The fraction of sp³-hybridized carbons (Fsp3) is 0.619. The maximum atomic E-state index is 12.1. The van der Waals surface area contributed by atoms with Crippen LogP contribution in [0.2, 0.25) is 0 Å². The lowest BCUT2D eigenvalue weighted by molar-refractivity contribution is -0.115. The van der Waals surface area contributed by atoms with Gasteiger partial charge in [-0.1, -0.05) is 33.1 Å². The highest BCUT2D eigenvalue weighted by Crippen LogP contribution is 2.23. The first-order chi connectivity index (χ1) is 13.5. The molecule has 1 saturated carbocycles.